The molecule has 7 heteroatoms. The van der Waals surface area contributed by atoms with Crippen LogP contribution in [0, 0.1) is 5.92 Å². The van der Waals surface area contributed by atoms with E-state index in [1.165, 1.54) is 11.1 Å². The molecule has 2 aromatic carbocycles. The van der Waals surface area contributed by atoms with E-state index < -0.39 is 12.1 Å². The van der Waals surface area contributed by atoms with E-state index >= 15 is 0 Å². The van der Waals surface area contributed by atoms with Gasteiger partial charge in [-0.1, -0.05) is 55.5 Å². The zero-order valence-electron chi connectivity index (χ0n) is 19.5. The molecular formula is C27H32N2O5. The third-order valence-corrected chi connectivity index (χ3v) is 6.91. The van der Waals surface area contributed by atoms with Crippen LogP contribution in [0.5, 0.6) is 0 Å². The number of likely N-dealkylation sites (tertiary alicyclic amines) is 1. The molecule has 1 saturated heterocycles. The van der Waals surface area contributed by atoms with Gasteiger partial charge >= 0.3 is 12.1 Å². The fourth-order valence-corrected chi connectivity index (χ4v) is 5.15. The van der Waals surface area contributed by atoms with Crippen molar-refractivity contribution in [2.45, 2.75) is 51.0 Å². The van der Waals surface area contributed by atoms with Crippen molar-refractivity contribution in [2.75, 3.05) is 19.7 Å². The molecule has 180 valence electrons. The summed E-state index contributed by atoms with van der Waals surface area (Å²) in [4.78, 5) is 38.2. The van der Waals surface area contributed by atoms with Crippen LogP contribution < -0.4 is 5.32 Å². The molecule has 2 atom stereocenters. The van der Waals surface area contributed by atoms with Crippen LogP contribution in [0.15, 0.2) is 48.5 Å². The normalized spacial score (nSPS) is 18.0. The summed E-state index contributed by atoms with van der Waals surface area (Å²) in [5.74, 6) is -0.909. The Balaban J connectivity index is 1.31. The second kappa shape index (κ2) is 10.7. The molecule has 2 N–H and O–H groups in total. The Morgan fingerprint density at radius 1 is 1.09 bits per heavy atom. The van der Waals surface area contributed by atoms with Crippen LogP contribution in [-0.2, 0) is 14.3 Å². The van der Waals surface area contributed by atoms with Crippen LogP contribution in [0.1, 0.15) is 56.1 Å². The summed E-state index contributed by atoms with van der Waals surface area (Å²) in [5, 5.41) is 11.9. The van der Waals surface area contributed by atoms with Crippen LogP contribution in [0.4, 0.5) is 4.79 Å². The van der Waals surface area contributed by atoms with Crippen molar-refractivity contribution in [3.63, 3.8) is 0 Å². The van der Waals surface area contributed by atoms with Crippen LogP contribution in [0.3, 0.4) is 0 Å². The van der Waals surface area contributed by atoms with Gasteiger partial charge in [-0.15, -0.1) is 0 Å². The first-order valence-corrected chi connectivity index (χ1v) is 12.1. The van der Waals surface area contributed by atoms with Gasteiger partial charge in [0.2, 0.25) is 5.91 Å². The van der Waals surface area contributed by atoms with Crippen molar-refractivity contribution >= 4 is 18.0 Å². The number of fused-ring (bicyclic) bond motifs is 3. The standard InChI is InChI=1S/C27H32N2O5/c1-2-19(15-25(30)29-13-7-8-18(16-29)14-26(31)32)28-27(33)34-17-24-22-11-5-3-9-20(22)21-10-4-6-12-23(21)24/h3-6,9-12,18-19,24H,2,7-8,13-17H2,1H3,(H,28,33)(H,31,32)/t18?,19-/m0/s1. The van der Waals surface area contributed by atoms with Gasteiger partial charge in [-0.3, -0.25) is 9.59 Å². The number of aliphatic carboxylic acids is 1. The molecule has 1 aliphatic heterocycles. The summed E-state index contributed by atoms with van der Waals surface area (Å²) in [6, 6.07) is 16.0. The summed E-state index contributed by atoms with van der Waals surface area (Å²) in [6.07, 6.45) is 1.97. The molecule has 34 heavy (non-hydrogen) atoms. The Morgan fingerprint density at radius 3 is 2.35 bits per heavy atom. The van der Waals surface area contributed by atoms with Gasteiger partial charge in [0.1, 0.15) is 6.61 Å². The maximum Gasteiger partial charge on any atom is 0.407 e. The minimum absolute atomic E-state index is 0.00892. The van der Waals surface area contributed by atoms with Gasteiger partial charge in [-0.2, -0.15) is 0 Å². The fourth-order valence-electron chi connectivity index (χ4n) is 5.15. The smallest absolute Gasteiger partial charge is 0.407 e. The van der Waals surface area contributed by atoms with Gasteiger partial charge in [0.15, 0.2) is 0 Å². The highest BCUT2D eigenvalue weighted by molar-refractivity contribution is 5.80. The number of amides is 2. The van der Waals surface area contributed by atoms with Gasteiger partial charge in [0.25, 0.3) is 0 Å². The minimum atomic E-state index is -0.831. The molecular weight excluding hydrogens is 432 g/mol. The molecule has 4 rings (SSSR count). The van der Waals surface area contributed by atoms with Gasteiger partial charge in [0, 0.05) is 37.9 Å². The molecule has 0 radical (unpaired) electrons. The number of carbonyl (C=O) groups is 3. The molecule has 1 aliphatic carbocycles. The minimum Gasteiger partial charge on any atom is -0.481 e. The first kappa shape index (κ1) is 23.8. The number of hydrogen-bond acceptors (Lipinski definition) is 4. The second-order valence-corrected chi connectivity index (χ2v) is 9.23. The summed E-state index contributed by atoms with van der Waals surface area (Å²) in [5.41, 5.74) is 4.65. The molecule has 0 bridgehead atoms. The molecule has 1 fully saturated rings. The third kappa shape index (κ3) is 5.41. The maximum atomic E-state index is 12.8. The summed E-state index contributed by atoms with van der Waals surface area (Å²) in [6.45, 7) is 3.25. The Hall–Kier alpha value is -3.35. The highest BCUT2D eigenvalue weighted by Gasteiger charge is 2.30. The Bertz CT molecular complexity index is 1010. The summed E-state index contributed by atoms with van der Waals surface area (Å²) < 4.78 is 5.62. The van der Waals surface area contributed by atoms with E-state index in [4.69, 9.17) is 9.84 Å². The van der Waals surface area contributed by atoms with Gasteiger partial charge in [-0.25, -0.2) is 4.79 Å². The van der Waals surface area contributed by atoms with E-state index in [1.807, 2.05) is 31.2 Å². The summed E-state index contributed by atoms with van der Waals surface area (Å²) >= 11 is 0. The van der Waals surface area contributed by atoms with E-state index in [1.54, 1.807) is 4.90 Å². The maximum absolute atomic E-state index is 12.8. The number of nitrogens with one attached hydrogen (secondary N) is 1. The first-order valence-electron chi connectivity index (χ1n) is 12.1. The molecule has 0 saturated carbocycles. The molecule has 7 nitrogen and oxygen atoms in total. The second-order valence-electron chi connectivity index (χ2n) is 9.23. The number of piperidine rings is 1. The van der Waals surface area contributed by atoms with Crippen molar-refractivity contribution in [2.24, 2.45) is 5.92 Å². The van der Waals surface area contributed by atoms with Crippen molar-refractivity contribution in [1.29, 1.82) is 0 Å². The molecule has 2 aromatic rings. The molecule has 0 aromatic heterocycles. The van der Waals surface area contributed by atoms with Crippen LogP contribution in [0.25, 0.3) is 11.1 Å². The van der Waals surface area contributed by atoms with Crippen molar-refractivity contribution in [3.8, 4) is 11.1 Å². The highest BCUT2D eigenvalue weighted by atomic mass is 16.5. The number of carboxylic acids is 1. The third-order valence-electron chi connectivity index (χ3n) is 6.91. The Labute approximate surface area is 200 Å². The summed E-state index contributed by atoms with van der Waals surface area (Å²) in [7, 11) is 0. The lowest BCUT2D eigenvalue weighted by Gasteiger charge is -2.33. The van der Waals surface area contributed by atoms with Gasteiger partial charge in [-0.05, 0) is 47.4 Å². The van der Waals surface area contributed by atoms with Crippen LogP contribution in [0.2, 0.25) is 0 Å². The molecule has 1 unspecified atom stereocenters. The van der Waals surface area contributed by atoms with Crippen molar-refractivity contribution in [3.05, 3.63) is 59.7 Å². The topological polar surface area (TPSA) is 95.9 Å². The van der Waals surface area contributed by atoms with Crippen molar-refractivity contribution in [1.82, 2.24) is 10.2 Å². The molecule has 0 spiro atoms. The first-order chi connectivity index (χ1) is 16.5. The van der Waals surface area contributed by atoms with E-state index in [9.17, 15) is 14.4 Å². The monoisotopic (exact) mass is 464 g/mol. The number of carbonyl (C=O) groups excluding carboxylic acids is 2. The lowest BCUT2D eigenvalue weighted by Crippen LogP contribution is -2.44. The van der Waals surface area contributed by atoms with E-state index in [2.05, 4.69) is 29.6 Å². The van der Waals surface area contributed by atoms with Crippen LogP contribution >= 0.6 is 0 Å². The highest BCUT2D eigenvalue weighted by Crippen LogP contribution is 2.44. The average Bonchev–Trinajstić information content (AvgIpc) is 3.15. The fraction of sp³-hybridized carbons (Fsp3) is 0.444. The quantitative estimate of drug-likeness (QED) is 0.603. The lowest BCUT2D eigenvalue weighted by atomic mass is 9.94. The number of carboxylic acid groups (broad SMARTS) is 1. The zero-order chi connectivity index (χ0) is 24.1. The molecule has 2 aliphatic rings. The Kier molecular flexibility index (Phi) is 7.50. The molecule has 1 heterocycles. The lowest BCUT2D eigenvalue weighted by molar-refractivity contribution is -0.140. The van der Waals surface area contributed by atoms with Crippen molar-refractivity contribution < 1.29 is 24.2 Å². The number of nitrogens with zero attached hydrogens (tertiary/aromatic N) is 1. The van der Waals surface area contributed by atoms with E-state index in [0.29, 0.717) is 19.5 Å². The van der Waals surface area contributed by atoms with Crippen LogP contribution in [-0.4, -0.2) is 53.7 Å². The van der Waals surface area contributed by atoms with E-state index in [0.717, 1.165) is 24.0 Å². The average molecular weight is 465 g/mol. The number of alkyl carbamates (subject to hydrolysis) is 1. The van der Waals surface area contributed by atoms with E-state index in [-0.39, 0.29) is 43.2 Å². The Morgan fingerprint density at radius 2 is 1.74 bits per heavy atom. The molecule has 2 amide bonds. The van der Waals surface area contributed by atoms with Gasteiger partial charge in [0.05, 0.1) is 0 Å². The number of hydrogen-bond donors (Lipinski definition) is 2. The zero-order valence-corrected chi connectivity index (χ0v) is 19.5. The largest absolute Gasteiger partial charge is 0.481 e. The number of rotatable bonds is 8. The predicted octanol–water partition coefficient (Wildman–Crippen LogP) is 4.41. The predicted molar refractivity (Wildman–Crippen MR) is 128 cm³/mol. The van der Waals surface area contributed by atoms with Gasteiger partial charge < -0.3 is 20.1 Å². The number of benzene rings is 2. The SMILES string of the molecule is CC[C@@H](CC(=O)N1CCCC(CC(=O)O)C1)NC(=O)OCC1c2ccccc2-c2ccccc21. The number of ether oxygens (including phenoxy) is 1.